The number of nitrogens with zero attached hydrogens (tertiary/aromatic N) is 1. The van der Waals surface area contributed by atoms with Crippen molar-refractivity contribution in [3.8, 4) is 17.2 Å². The Kier molecular flexibility index (Phi) is 5.67. The van der Waals surface area contributed by atoms with Crippen LogP contribution in [0.4, 0.5) is 0 Å². The van der Waals surface area contributed by atoms with Crippen molar-refractivity contribution >= 4 is 26.7 Å². The molecule has 7 nitrogen and oxygen atoms in total. The number of phenolic OH excluding ortho intramolecular Hbond substituents is 1. The first-order valence-corrected chi connectivity index (χ1v) is 12.4. The number of aromatic carboxylic acids is 1. The van der Waals surface area contributed by atoms with Gasteiger partial charge in [0.1, 0.15) is 27.8 Å². The van der Waals surface area contributed by atoms with Crippen molar-refractivity contribution in [1.29, 1.82) is 0 Å². The summed E-state index contributed by atoms with van der Waals surface area (Å²) in [6.45, 7) is 6.13. The molecule has 0 saturated heterocycles. The Morgan fingerprint density at radius 1 is 1.19 bits per heavy atom. The number of carboxylic acids is 1. The maximum absolute atomic E-state index is 12.8. The van der Waals surface area contributed by atoms with Gasteiger partial charge in [-0.15, -0.1) is 0 Å². The number of benzene rings is 2. The van der Waals surface area contributed by atoms with Gasteiger partial charge in [-0.25, -0.2) is 13.2 Å². The lowest BCUT2D eigenvalue weighted by Gasteiger charge is -2.25. The molecule has 1 aromatic heterocycles. The van der Waals surface area contributed by atoms with E-state index < -0.39 is 15.8 Å². The molecule has 4 rings (SSSR count). The Labute approximate surface area is 187 Å². The number of ether oxygens (including phenoxy) is 1. The number of sulfone groups is 1. The van der Waals surface area contributed by atoms with Crippen molar-refractivity contribution in [2.45, 2.75) is 51.5 Å². The van der Waals surface area contributed by atoms with Crippen molar-refractivity contribution in [3.63, 3.8) is 0 Å². The van der Waals surface area contributed by atoms with E-state index >= 15 is 0 Å². The van der Waals surface area contributed by atoms with E-state index in [1.807, 2.05) is 26.8 Å². The molecule has 1 fully saturated rings. The molecular formula is C24H27NO6S. The van der Waals surface area contributed by atoms with E-state index in [1.165, 1.54) is 18.2 Å². The average Bonchev–Trinajstić information content (AvgIpc) is 3.08. The fourth-order valence-corrected chi connectivity index (χ4v) is 6.18. The second kappa shape index (κ2) is 8.16. The first-order valence-electron chi connectivity index (χ1n) is 10.7. The number of carboxylic acid groups (broad SMARTS) is 1. The lowest BCUT2D eigenvalue weighted by Crippen LogP contribution is -2.22. The summed E-state index contributed by atoms with van der Waals surface area (Å²) in [6, 6.07) is 7.74. The number of aromatic nitrogens is 1. The Morgan fingerprint density at radius 3 is 2.50 bits per heavy atom. The zero-order valence-electron chi connectivity index (χ0n) is 18.4. The molecule has 0 aliphatic heterocycles. The summed E-state index contributed by atoms with van der Waals surface area (Å²) < 4.78 is 33.5. The minimum absolute atomic E-state index is 0.0243. The summed E-state index contributed by atoms with van der Waals surface area (Å²) in [5.41, 5.74) is 2.58. The van der Waals surface area contributed by atoms with E-state index in [2.05, 4.69) is 0 Å². The molecule has 1 aliphatic carbocycles. The highest BCUT2D eigenvalue weighted by molar-refractivity contribution is 7.91. The van der Waals surface area contributed by atoms with Crippen molar-refractivity contribution in [3.05, 3.63) is 47.2 Å². The number of aromatic hydroxyl groups is 1. The van der Waals surface area contributed by atoms with E-state index in [-0.39, 0.29) is 28.0 Å². The van der Waals surface area contributed by atoms with Gasteiger partial charge >= 0.3 is 5.97 Å². The minimum Gasteiger partial charge on any atom is -0.507 e. The Balaban J connectivity index is 1.74. The van der Waals surface area contributed by atoms with Gasteiger partial charge in [0.05, 0.1) is 5.75 Å². The van der Waals surface area contributed by atoms with Gasteiger partial charge in [0.2, 0.25) is 0 Å². The lowest BCUT2D eigenvalue weighted by molar-refractivity contribution is 0.0686. The van der Waals surface area contributed by atoms with Gasteiger partial charge in [0, 0.05) is 29.1 Å². The average molecular weight is 458 g/mol. The third kappa shape index (κ3) is 3.83. The predicted octanol–water partition coefficient (Wildman–Crippen LogP) is 5.05. The van der Waals surface area contributed by atoms with Crippen LogP contribution >= 0.6 is 0 Å². The molecule has 0 spiro atoms. The number of hydrogen-bond acceptors (Lipinski definition) is 5. The number of fused-ring (bicyclic) bond motifs is 1. The van der Waals surface area contributed by atoms with Crippen LogP contribution in [-0.2, 0) is 16.4 Å². The molecule has 2 aromatic carbocycles. The molecule has 0 bridgehead atoms. The largest absolute Gasteiger partial charge is 0.507 e. The molecule has 1 heterocycles. The molecule has 1 saturated carbocycles. The third-order valence-corrected chi connectivity index (χ3v) is 8.20. The molecule has 0 atom stereocenters. The van der Waals surface area contributed by atoms with Crippen molar-refractivity contribution in [1.82, 2.24) is 4.57 Å². The summed E-state index contributed by atoms with van der Waals surface area (Å²) in [6.07, 6.45) is 2.83. The highest BCUT2D eigenvalue weighted by Crippen LogP contribution is 2.39. The molecule has 0 radical (unpaired) electrons. The third-order valence-electron chi connectivity index (χ3n) is 6.30. The van der Waals surface area contributed by atoms with Gasteiger partial charge < -0.3 is 19.5 Å². The Hall–Kier alpha value is -3.00. The summed E-state index contributed by atoms with van der Waals surface area (Å²) in [5.74, 6) is -0.281. The van der Waals surface area contributed by atoms with Crippen LogP contribution in [0, 0.1) is 19.8 Å². The fraction of sp³-hybridized carbons (Fsp3) is 0.375. The summed E-state index contributed by atoms with van der Waals surface area (Å²) in [4.78, 5) is 11.5. The Bertz CT molecular complexity index is 1320. The minimum atomic E-state index is -3.63. The number of aryl methyl sites for hydroxylation is 3. The lowest BCUT2D eigenvalue weighted by atomic mass is 9.87. The molecule has 8 heteroatoms. The Morgan fingerprint density at radius 2 is 1.91 bits per heavy atom. The van der Waals surface area contributed by atoms with Crippen LogP contribution in [0.5, 0.6) is 17.2 Å². The van der Waals surface area contributed by atoms with Gasteiger partial charge in [-0.3, -0.25) is 0 Å². The van der Waals surface area contributed by atoms with Crippen LogP contribution in [0.1, 0.15) is 47.8 Å². The van der Waals surface area contributed by atoms with E-state index in [0.29, 0.717) is 18.0 Å². The van der Waals surface area contributed by atoms with Gasteiger partial charge in [0.25, 0.3) is 0 Å². The molecular weight excluding hydrogens is 430 g/mol. The number of hydrogen-bond donors (Lipinski definition) is 2. The van der Waals surface area contributed by atoms with Crippen LogP contribution < -0.4 is 4.74 Å². The number of phenols is 1. The normalized spacial score (nSPS) is 14.5. The molecule has 0 amide bonds. The SMILES string of the molecule is CCn1c(C(=O)O)cc2c(C)c(Oc3ccc(O)c(S(=O)(=O)CC4CCC4)c3)c(C)cc21. The molecule has 0 unspecified atom stereocenters. The topological polar surface area (TPSA) is 106 Å². The van der Waals surface area contributed by atoms with Crippen LogP contribution in [-0.4, -0.2) is 34.9 Å². The maximum Gasteiger partial charge on any atom is 0.352 e. The van der Waals surface area contributed by atoms with E-state index in [9.17, 15) is 23.4 Å². The first kappa shape index (κ1) is 22.2. The standard InChI is InChI=1S/C24H27NO6S/c1-4-25-19-10-14(2)23(15(3)18(19)12-20(25)24(27)28)31-17-8-9-21(26)22(11-17)32(29,30)13-16-6-5-7-16/h8-12,16,26H,4-7,13H2,1-3H3,(H,27,28). The maximum atomic E-state index is 12.8. The van der Waals surface area contributed by atoms with Crippen molar-refractivity contribution in [2.24, 2.45) is 5.92 Å². The van der Waals surface area contributed by atoms with Gasteiger partial charge in [-0.2, -0.15) is 0 Å². The zero-order valence-corrected chi connectivity index (χ0v) is 19.2. The zero-order chi connectivity index (χ0) is 23.2. The van der Waals surface area contributed by atoms with Crippen molar-refractivity contribution < 1.29 is 28.2 Å². The second-order valence-electron chi connectivity index (χ2n) is 8.47. The summed E-state index contributed by atoms with van der Waals surface area (Å²) in [7, 11) is -3.63. The van der Waals surface area contributed by atoms with Gasteiger partial charge in [-0.05, 0) is 69.4 Å². The van der Waals surface area contributed by atoms with Crippen LogP contribution in [0.15, 0.2) is 35.2 Å². The van der Waals surface area contributed by atoms with Gasteiger partial charge in [0.15, 0.2) is 9.84 Å². The summed E-state index contributed by atoms with van der Waals surface area (Å²) >= 11 is 0. The van der Waals surface area contributed by atoms with Crippen LogP contribution in [0.2, 0.25) is 0 Å². The van der Waals surface area contributed by atoms with E-state index in [0.717, 1.165) is 41.3 Å². The van der Waals surface area contributed by atoms with Crippen LogP contribution in [0.25, 0.3) is 10.9 Å². The molecule has 170 valence electrons. The van der Waals surface area contributed by atoms with Gasteiger partial charge in [-0.1, -0.05) is 6.42 Å². The van der Waals surface area contributed by atoms with E-state index in [1.54, 1.807) is 10.6 Å². The fourth-order valence-electron chi connectivity index (χ4n) is 4.37. The molecule has 3 aromatic rings. The molecule has 1 aliphatic rings. The first-order chi connectivity index (χ1) is 15.1. The quantitative estimate of drug-likeness (QED) is 0.514. The second-order valence-corrected chi connectivity index (χ2v) is 10.5. The number of rotatable bonds is 7. The smallest absolute Gasteiger partial charge is 0.352 e. The number of carbonyl (C=O) groups is 1. The highest BCUT2D eigenvalue weighted by atomic mass is 32.2. The van der Waals surface area contributed by atoms with E-state index in [4.69, 9.17) is 4.74 Å². The summed E-state index contributed by atoms with van der Waals surface area (Å²) in [5, 5.41) is 20.5. The predicted molar refractivity (Wildman–Crippen MR) is 122 cm³/mol. The molecule has 32 heavy (non-hydrogen) atoms. The van der Waals surface area contributed by atoms with Crippen molar-refractivity contribution in [2.75, 3.05) is 5.75 Å². The monoisotopic (exact) mass is 457 g/mol. The molecule has 2 N–H and O–H groups in total. The van der Waals surface area contributed by atoms with Crippen LogP contribution in [0.3, 0.4) is 0 Å². The highest BCUT2D eigenvalue weighted by Gasteiger charge is 2.28.